The van der Waals surface area contributed by atoms with Crippen molar-refractivity contribution in [2.75, 3.05) is 0 Å². The molecule has 0 saturated carbocycles. The predicted octanol–water partition coefficient (Wildman–Crippen LogP) is 2.66. The number of ether oxygens (including phenoxy) is 1. The summed E-state index contributed by atoms with van der Waals surface area (Å²) in [4.78, 5) is 40.8. The van der Waals surface area contributed by atoms with E-state index in [1.54, 1.807) is 44.2 Å². The van der Waals surface area contributed by atoms with E-state index in [4.69, 9.17) is 16.2 Å². The minimum Gasteiger partial charge on any atom is -0.425 e. The molecule has 0 aliphatic heterocycles. The molecule has 0 fully saturated rings. The van der Waals surface area contributed by atoms with Crippen molar-refractivity contribution in [3.8, 4) is 5.75 Å². The minimum absolute atomic E-state index is 0.00237. The Morgan fingerprint density at radius 1 is 1.14 bits per heavy atom. The van der Waals surface area contributed by atoms with Gasteiger partial charge in [0.05, 0.1) is 11.3 Å². The van der Waals surface area contributed by atoms with Crippen LogP contribution in [0.15, 0.2) is 53.5 Å². The van der Waals surface area contributed by atoms with E-state index >= 15 is 0 Å². The van der Waals surface area contributed by atoms with Gasteiger partial charge in [-0.25, -0.2) is 14.8 Å². The standard InChI is InChI=1S/C23H26F3N5O4/c1-14(2)8-20(33)31(29-13-32)19(9-15-6-4-3-5-7-15)21(34)35-18-11-16(23(24,25)26)10-17(12-18)30-22(27)28/h3-7,10-14,19H,8-9H2,1-2H3,(H,29,32)(H4,27,28,30)/t19-/m0/s1. The van der Waals surface area contributed by atoms with Crippen molar-refractivity contribution in [3.63, 3.8) is 0 Å². The zero-order chi connectivity index (χ0) is 26.2. The van der Waals surface area contributed by atoms with Crippen LogP contribution in [0.1, 0.15) is 31.4 Å². The molecule has 0 heterocycles. The van der Waals surface area contributed by atoms with E-state index in [-0.39, 0.29) is 30.9 Å². The Labute approximate surface area is 199 Å². The van der Waals surface area contributed by atoms with Crippen LogP contribution in [0.2, 0.25) is 0 Å². The third-order valence-electron chi connectivity index (χ3n) is 4.59. The topological polar surface area (TPSA) is 140 Å². The molecule has 2 aromatic carbocycles. The smallest absolute Gasteiger partial charge is 0.416 e. The molecule has 0 aliphatic rings. The highest BCUT2D eigenvalue weighted by molar-refractivity contribution is 5.87. The van der Waals surface area contributed by atoms with Crippen LogP contribution in [0.5, 0.6) is 5.75 Å². The van der Waals surface area contributed by atoms with Crippen molar-refractivity contribution in [1.82, 2.24) is 10.4 Å². The summed E-state index contributed by atoms with van der Waals surface area (Å²) >= 11 is 0. The number of hydrogen-bond acceptors (Lipinski definition) is 5. The Morgan fingerprint density at radius 2 is 1.80 bits per heavy atom. The predicted molar refractivity (Wildman–Crippen MR) is 122 cm³/mol. The number of aliphatic imine (C=N–C) groups is 1. The maximum absolute atomic E-state index is 13.4. The number of amides is 2. The molecule has 9 nitrogen and oxygen atoms in total. The number of halogens is 3. The van der Waals surface area contributed by atoms with Gasteiger partial charge in [0.2, 0.25) is 12.3 Å². The van der Waals surface area contributed by atoms with Gasteiger partial charge in [-0.3, -0.25) is 15.0 Å². The first-order valence-electron chi connectivity index (χ1n) is 10.5. The van der Waals surface area contributed by atoms with E-state index in [0.29, 0.717) is 17.7 Å². The SMILES string of the molecule is CC(C)CC(=O)N(NC=O)[C@@H](Cc1ccccc1)C(=O)Oc1cc(N=C(N)N)cc(C(F)(F)F)c1. The van der Waals surface area contributed by atoms with Gasteiger partial charge in [-0.15, -0.1) is 0 Å². The average molecular weight is 493 g/mol. The lowest BCUT2D eigenvalue weighted by Gasteiger charge is -2.29. The number of rotatable bonds is 10. The molecule has 188 valence electrons. The van der Waals surface area contributed by atoms with Gasteiger partial charge in [-0.05, 0) is 23.6 Å². The number of carbonyl (C=O) groups excluding carboxylic acids is 3. The fourth-order valence-electron chi connectivity index (χ4n) is 3.16. The quantitative estimate of drug-likeness (QED) is 0.116. The first-order chi connectivity index (χ1) is 16.4. The molecule has 0 bridgehead atoms. The molecular formula is C23H26F3N5O4. The fraction of sp³-hybridized carbons (Fsp3) is 0.304. The molecule has 0 aliphatic carbocycles. The molecule has 0 spiro atoms. The number of hydrogen-bond donors (Lipinski definition) is 3. The van der Waals surface area contributed by atoms with Gasteiger partial charge in [0, 0.05) is 18.9 Å². The second-order valence-electron chi connectivity index (χ2n) is 7.99. The van der Waals surface area contributed by atoms with E-state index < -0.39 is 41.4 Å². The fourth-order valence-corrected chi connectivity index (χ4v) is 3.16. The number of alkyl halides is 3. The molecule has 0 aromatic heterocycles. The summed E-state index contributed by atoms with van der Waals surface area (Å²) in [6.07, 6.45) is -4.63. The number of hydrazine groups is 1. The second kappa shape index (κ2) is 11.9. The van der Waals surface area contributed by atoms with Crippen molar-refractivity contribution in [2.45, 2.75) is 38.9 Å². The van der Waals surface area contributed by atoms with Crippen LogP contribution in [0.3, 0.4) is 0 Å². The molecular weight excluding hydrogens is 467 g/mol. The number of carbonyl (C=O) groups is 3. The number of esters is 1. The van der Waals surface area contributed by atoms with E-state index in [1.165, 1.54) is 0 Å². The van der Waals surface area contributed by atoms with Crippen LogP contribution in [0.25, 0.3) is 0 Å². The van der Waals surface area contributed by atoms with Crippen LogP contribution in [-0.2, 0) is 27.0 Å². The summed E-state index contributed by atoms with van der Waals surface area (Å²) in [5, 5.41) is 0.826. The van der Waals surface area contributed by atoms with Gasteiger partial charge in [-0.2, -0.15) is 13.2 Å². The van der Waals surface area contributed by atoms with Crippen LogP contribution in [0, 0.1) is 5.92 Å². The molecule has 2 amide bonds. The number of benzene rings is 2. The summed E-state index contributed by atoms with van der Waals surface area (Å²) in [5.74, 6) is -2.74. The lowest BCUT2D eigenvalue weighted by molar-refractivity contribution is -0.153. The van der Waals surface area contributed by atoms with Gasteiger partial charge in [0.25, 0.3) is 0 Å². The summed E-state index contributed by atoms with van der Waals surface area (Å²) in [7, 11) is 0. The Hall–Kier alpha value is -4.09. The third-order valence-corrected chi connectivity index (χ3v) is 4.59. The number of guanidine groups is 1. The van der Waals surface area contributed by atoms with E-state index in [1.807, 2.05) is 0 Å². The molecule has 12 heteroatoms. The molecule has 35 heavy (non-hydrogen) atoms. The molecule has 0 saturated heterocycles. The lowest BCUT2D eigenvalue weighted by Crippen LogP contribution is -2.54. The molecule has 5 N–H and O–H groups in total. The summed E-state index contributed by atoms with van der Waals surface area (Å²) in [5.41, 5.74) is 11.9. The molecule has 0 radical (unpaired) electrons. The maximum atomic E-state index is 13.4. The monoisotopic (exact) mass is 493 g/mol. The summed E-state index contributed by atoms with van der Waals surface area (Å²) in [6, 6.07) is 9.49. The van der Waals surface area contributed by atoms with E-state index in [2.05, 4.69) is 10.4 Å². The van der Waals surface area contributed by atoms with Crippen molar-refractivity contribution in [1.29, 1.82) is 0 Å². The van der Waals surface area contributed by atoms with Crippen LogP contribution >= 0.6 is 0 Å². The number of nitrogens with zero attached hydrogens (tertiary/aromatic N) is 2. The van der Waals surface area contributed by atoms with Gasteiger partial charge in [0.1, 0.15) is 5.75 Å². The Bertz CT molecular complexity index is 1070. The van der Waals surface area contributed by atoms with Crippen molar-refractivity contribution in [3.05, 3.63) is 59.7 Å². The molecule has 2 rings (SSSR count). The van der Waals surface area contributed by atoms with E-state index in [0.717, 1.165) is 11.1 Å². The lowest BCUT2D eigenvalue weighted by atomic mass is 10.0. The number of nitrogens with two attached hydrogens (primary N) is 2. The molecule has 1 atom stereocenters. The highest BCUT2D eigenvalue weighted by Gasteiger charge is 2.34. The van der Waals surface area contributed by atoms with Crippen molar-refractivity contribution in [2.24, 2.45) is 22.4 Å². The first-order valence-corrected chi connectivity index (χ1v) is 10.5. The average Bonchev–Trinajstić information content (AvgIpc) is 2.75. The van der Waals surface area contributed by atoms with Crippen molar-refractivity contribution >= 4 is 29.9 Å². The van der Waals surface area contributed by atoms with Gasteiger partial charge in [0.15, 0.2) is 12.0 Å². The highest BCUT2D eigenvalue weighted by atomic mass is 19.4. The van der Waals surface area contributed by atoms with E-state index in [9.17, 15) is 27.6 Å². The number of nitrogens with one attached hydrogen (secondary N) is 1. The minimum atomic E-state index is -4.78. The molecule has 0 unspecified atom stereocenters. The van der Waals surface area contributed by atoms with Gasteiger partial charge < -0.3 is 16.2 Å². The van der Waals surface area contributed by atoms with Gasteiger partial charge >= 0.3 is 12.1 Å². The Balaban J connectivity index is 2.48. The van der Waals surface area contributed by atoms with Crippen LogP contribution in [-0.4, -0.2) is 35.3 Å². The molecule has 2 aromatic rings. The maximum Gasteiger partial charge on any atom is 0.416 e. The van der Waals surface area contributed by atoms with Gasteiger partial charge in [-0.1, -0.05) is 44.2 Å². The summed E-state index contributed by atoms with van der Waals surface area (Å²) < 4.78 is 45.4. The van der Waals surface area contributed by atoms with Crippen LogP contribution < -0.4 is 21.6 Å². The second-order valence-corrected chi connectivity index (χ2v) is 7.99. The Morgan fingerprint density at radius 3 is 2.34 bits per heavy atom. The normalized spacial score (nSPS) is 11.9. The Kier molecular flexibility index (Phi) is 9.20. The third kappa shape index (κ3) is 8.32. The van der Waals surface area contributed by atoms with Crippen LogP contribution in [0.4, 0.5) is 18.9 Å². The largest absolute Gasteiger partial charge is 0.425 e. The first kappa shape index (κ1) is 27.2. The van der Waals surface area contributed by atoms with Crippen molar-refractivity contribution < 1.29 is 32.3 Å². The summed E-state index contributed by atoms with van der Waals surface area (Å²) in [6.45, 7) is 3.55. The zero-order valence-corrected chi connectivity index (χ0v) is 19.1. The zero-order valence-electron chi connectivity index (χ0n) is 19.1. The highest BCUT2D eigenvalue weighted by Crippen LogP contribution is 2.35.